The minimum Gasteiger partial charge on any atom is -0.298 e. The SMILES string of the molecule is N=c1c(=N)c2cccc3ccc4cccc1c4c32. The molecule has 4 aromatic carbocycles. The van der Waals surface area contributed by atoms with Gasteiger partial charge in [-0.05, 0) is 21.5 Å². The van der Waals surface area contributed by atoms with Crippen molar-refractivity contribution in [2.75, 3.05) is 0 Å². The Morgan fingerprint density at radius 3 is 1.44 bits per heavy atom. The van der Waals surface area contributed by atoms with Gasteiger partial charge in [0.1, 0.15) is 0 Å². The van der Waals surface area contributed by atoms with Gasteiger partial charge < -0.3 is 0 Å². The van der Waals surface area contributed by atoms with E-state index in [0.717, 1.165) is 32.3 Å². The lowest BCUT2D eigenvalue weighted by molar-refractivity contribution is 1.18. The van der Waals surface area contributed by atoms with E-state index in [1.54, 1.807) is 0 Å². The number of rotatable bonds is 0. The standard InChI is InChI=1S/C16H10N2/c17-15-11-5-1-3-9-7-8-10-4-2-6-12(16(15)18)14(10)13(9)11/h1-8,17-18H. The second-order valence-corrected chi connectivity index (χ2v) is 4.62. The molecule has 0 unspecified atom stereocenters. The maximum atomic E-state index is 8.15. The van der Waals surface area contributed by atoms with E-state index in [9.17, 15) is 0 Å². The fourth-order valence-electron chi connectivity index (χ4n) is 2.84. The van der Waals surface area contributed by atoms with Crippen LogP contribution in [0.4, 0.5) is 0 Å². The highest BCUT2D eigenvalue weighted by atomic mass is 14.4. The summed E-state index contributed by atoms with van der Waals surface area (Å²) in [5.74, 6) is 0. The first-order valence-corrected chi connectivity index (χ1v) is 5.90. The molecule has 0 aliphatic rings. The number of benzene rings is 4. The predicted octanol–water partition coefficient (Wildman–Crippen LogP) is 2.98. The average Bonchev–Trinajstić information content (AvgIpc) is 2.43. The van der Waals surface area contributed by atoms with Crippen molar-refractivity contribution in [1.29, 1.82) is 10.8 Å². The van der Waals surface area contributed by atoms with Crippen LogP contribution in [0.1, 0.15) is 0 Å². The summed E-state index contributed by atoms with van der Waals surface area (Å²) in [5, 5.41) is 23.2. The Labute approximate surface area is 103 Å². The van der Waals surface area contributed by atoms with Crippen LogP contribution in [0.2, 0.25) is 0 Å². The molecule has 0 aliphatic heterocycles. The summed E-state index contributed by atoms with van der Waals surface area (Å²) in [6.07, 6.45) is 0. The summed E-state index contributed by atoms with van der Waals surface area (Å²) in [5.41, 5.74) is 0. The van der Waals surface area contributed by atoms with E-state index in [1.165, 1.54) is 0 Å². The van der Waals surface area contributed by atoms with E-state index in [4.69, 9.17) is 10.8 Å². The first-order chi connectivity index (χ1) is 8.77. The van der Waals surface area contributed by atoms with Crippen molar-refractivity contribution in [3.05, 3.63) is 59.2 Å². The monoisotopic (exact) mass is 230 g/mol. The van der Waals surface area contributed by atoms with Gasteiger partial charge in [0.15, 0.2) is 0 Å². The van der Waals surface area contributed by atoms with E-state index >= 15 is 0 Å². The van der Waals surface area contributed by atoms with Gasteiger partial charge in [-0.15, -0.1) is 0 Å². The summed E-state index contributed by atoms with van der Waals surface area (Å²) in [6.45, 7) is 0. The number of hydrogen-bond acceptors (Lipinski definition) is 2. The van der Waals surface area contributed by atoms with E-state index < -0.39 is 0 Å². The molecule has 18 heavy (non-hydrogen) atoms. The molecule has 0 heterocycles. The topological polar surface area (TPSA) is 47.7 Å². The molecule has 0 amide bonds. The number of hydrogen-bond donors (Lipinski definition) is 2. The Morgan fingerprint density at radius 1 is 0.556 bits per heavy atom. The summed E-state index contributed by atoms with van der Waals surface area (Å²) < 4.78 is 0. The van der Waals surface area contributed by atoms with Gasteiger partial charge in [-0.2, -0.15) is 0 Å². The van der Waals surface area contributed by atoms with Crippen LogP contribution in [-0.2, 0) is 0 Å². The van der Waals surface area contributed by atoms with Gasteiger partial charge in [0.05, 0.1) is 10.7 Å². The van der Waals surface area contributed by atoms with Crippen LogP contribution in [0.15, 0.2) is 48.5 Å². The maximum absolute atomic E-state index is 8.15. The smallest absolute Gasteiger partial charge is 0.0874 e. The molecule has 84 valence electrons. The maximum Gasteiger partial charge on any atom is 0.0874 e. The Hall–Kier alpha value is -2.48. The summed E-state index contributed by atoms with van der Waals surface area (Å²) >= 11 is 0. The molecule has 0 aromatic heterocycles. The van der Waals surface area contributed by atoms with E-state index in [0.29, 0.717) is 10.7 Å². The molecule has 0 atom stereocenters. The molecule has 0 saturated heterocycles. The van der Waals surface area contributed by atoms with Crippen LogP contribution >= 0.6 is 0 Å². The zero-order valence-electron chi connectivity index (χ0n) is 9.62. The predicted molar refractivity (Wildman–Crippen MR) is 73.0 cm³/mol. The highest BCUT2D eigenvalue weighted by Crippen LogP contribution is 2.30. The van der Waals surface area contributed by atoms with Crippen LogP contribution < -0.4 is 10.7 Å². The molecule has 4 aromatic rings. The zero-order valence-corrected chi connectivity index (χ0v) is 9.62. The van der Waals surface area contributed by atoms with Gasteiger partial charge in [0.2, 0.25) is 0 Å². The lowest BCUT2D eigenvalue weighted by Crippen LogP contribution is -2.24. The van der Waals surface area contributed by atoms with E-state index in [-0.39, 0.29) is 0 Å². The zero-order chi connectivity index (χ0) is 12.3. The van der Waals surface area contributed by atoms with Gasteiger partial charge in [0.25, 0.3) is 0 Å². The summed E-state index contributed by atoms with van der Waals surface area (Å²) in [4.78, 5) is 0. The Bertz CT molecular complexity index is 919. The highest BCUT2D eigenvalue weighted by molar-refractivity contribution is 6.22. The summed E-state index contributed by atoms with van der Waals surface area (Å²) in [7, 11) is 0. The van der Waals surface area contributed by atoms with Gasteiger partial charge in [0, 0.05) is 10.8 Å². The van der Waals surface area contributed by atoms with Crippen LogP contribution in [-0.4, -0.2) is 0 Å². The second kappa shape index (κ2) is 3.05. The van der Waals surface area contributed by atoms with E-state index in [1.807, 2.05) is 24.3 Å². The lowest BCUT2D eigenvalue weighted by Gasteiger charge is -2.10. The third-order valence-electron chi connectivity index (χ3n) is 3.67. The first kappa shape index (κ1) is 9.54. The first-order valence-electron chi connectivity index (χ1n) is 5.90. The molecule has 0 spiro atoms. The van der Waals surface area contributed by atoms with Crippen LogP contribution in [0, 0.1) is 10.8 Å². The van der Waals surface area contributed by atoms with Gasteiger partial charge in [-0.1, -0.05) is 48.5 Å². The van der Waals surface area contributed by atoms with Crippen molar-refractivity contribution in [3.8, 4) is 0 Å². The van der Waals surface area contributed by atoms with Crippen molar-refractivity contribution in [2.24, 2.45) is 0 Å². The van der Waals surface area contributed by atoms with Crippen LogP contribution in [0.3, 0.4) is 0 Å². The van der Waals surface area contributed by atoms with Crippen molar-refractivity contribution in [3.63, 3.8) is 0 Å². The highest BCUT2D eigenvalue weighted by Gasteiger charge is 2.10. The molecular weight excluding hydrogens is 220 g/mol. The minimum absolute atomic E-state index is 0.326. The average molecular weight is 230 g/mol. The lowest BCUT2D eigenvalue weighted by atomic mass is 9.93. The molecular formula is C16H10N2. The minimum atomic E-state index is 0.326. The third-order valence-corrected chi connectivity index (χ3v) is 3.67. The Kier molecular flexibility index (Phi) is 1.61. The molecule has 0 saturated carbocycles. The molecule has 2 nitrogen and oxygen atoms in total. The third kappa shape index (κ3) is 0.979. The van der Waals surface area contributed by atoms with E-state index in [2.05, 4.69) is 24.3 Å². The fourth-order valence-corrected chi connectivity index (χ4v) is 2.84. The molecule has 4 rings (SSSR count). The van der Waals surface area contributed by atoms with Crippen molar-refractivity contribution >= 4 is 32.3 Å². The largest absolute Gasteiger partial charge is 0.298 e. The summed E-state index contributed by atoms with van der Waals surface area (Å²) in [6, 6.07) is 16.1. The molecule has 2 heteroatoms. The Morgan fingerprint density at radius 2 is 1.00 bits per heavy atom. The van der Waals surface area contributed by atoms with Gasteiger partial charge in [-0.3, -0.25) is 10.8 Å². The quantitative estimate of drug-likeness (QED) is 0.436. The molecule has 0 radical (unpaired) electrons. The molecule has 0 bridgehead atoms. The molecule has 0 fully saturated rings. The Balaban J connectivity index is 2.62. The molecule has 2 N–H and O–H groups in total. The van der Waals surface area contributed by atoms with Crippen molar-refractivity contribution in [1.82, 2.24) is 0 Å². The van der Waals surface area contributed by atoms with Crippen molar-refractivity contribution in [2.45, 2.75) is 0 Å². The van der Waals surface area contributed by atoms with Gasteiger partial charge in [-0.25, -0.2) is 0 Å². The van der Waals surface area contributed by atoms with Crippen LogP contribution in [0.25, 0.3) is 32.3 Å². The van der Waals surface area contributed by atoms with Gasteiger partial charge >= 0.3 is 0 Å². The number of nitrogens with one attached hydrogen (secondary N) is 2. The fraction of sp³-hybridized carbons (Fsp3) is 0. The normalized spacial score (nSPS) is 11.8. The molecule has 0 aliphatic carbocycles. The second-order valence-electron chi connectivity index (χ2n) is 4.62. The van der Waals surface area contributed by atoms with Crippen molar-refractivity contribution < 1.29 is 0 Å². The van der Waals surface area contributed by atoms with Crippen LogP contribution in [0.5, 0.6) is 0 Å².